The van der Waals surface area contributed by atoms with Crippen molar-refractivity contribution in [3.63, 3.8) is 0 Å². The Bertz CT molecular complexity index is 873. The maximum Gasteiger partial charge on any atom is 0.340 e. The molecule has 0 atom stereocenters. The minimum atomic E-state index is -1.01. The molecule has 118 valence electrons. The summed E-state index contributed by atoms with van der Waals surface area (Å²) in [5, 5.41) is 0. The predicted molar refractivity (Wildman–Crippen MR) is 91.9 cm³/mol. The van der Waals surface area contributed by atoms with Crippen LogP contribution in [-0.4, -0.2) is 5.97 Å². The lowest BCUT2D eigenvalue weighted by Gasteiger charge is -2.37. The summed E-state index contributed by atoms with van der Waals surface area (Å²) in [5.41, 5.74) is 1.88. The Morgan fingerprint density at radius 1 is 1.00 bits per heavy atom. The highest BCUT2D eigenvalue weighted by atomic mass is 16.6. The van der Waals surface area contributed by atoms with Crippen LogP contribution < -0.4 is 4.74 Å². The maximum absolute atomic E-state index is 12.6. The lowest BCUT2D eigenvalue weighted by Crippen LogP contribution is -2.33. The van der Waals surface area contributed by atoms with E-state index < -0.39 is 5.60 Å². The largest absolute Gasteiger partial charge is 0.456 e. The number of esters is 1. The lowest BCUT2D eigenvalue weighted by atomic mass is 9.77. The Morgan fingerprint density at radius 3 is 2.12 bits per heavy atom. The molecule has 3 heteroatoms. The molecule has 1 spiro atoms. The van der Waals surface area contributed by atoms with Gasteiger partial charge in [-0.05, 0) is 19.1 Å². The van der Waals surface area contributed by atoms with E-state index in [1.165, 1.54) is 0 Å². The van der Waals surface area contributed by atoms with Crippen LogP contribution >= 0.6 is 0 Å². The number of fused-ring (bicyclic) bond motifs is 4. The first-order chi connectivity index (χ1) is 11.7. The summed E-state index contributed by atoms with van der Waals surface area (Å²) in [4.78, 5) is 12.6. The first-order valence-electron chi connectivity index (χ1n) is 7.82. The van der Waals surface area contributed by atoms with Crippen molar-refractivity contribution in [1.29, 1.82) is 0 Å². The highest BCUT2D eigenvalue weighted by molar-refractivity contribution is 5.98. The van der Waals surface area contributed by atoms with E-state index in [1.807, 2.05) is 61.5 Å². The fourth-order valence-electron chi connectivity index (χ4n) is 3.48. The van der Waals surface area contributed by atoms with E-state index in [0.29, 0.717) is 17.1 Å². The normalized spacial score (nSPS) is 17.5. The third-order valence-electron chi connectivity index (χ3n) is 4.43. The lowest BCUT2D eigenvalue weighted by molar-refractivity contribution is -0.144. The molecule has 0 amide bonds. The fraction of sp³-hybridized carbons (Fsp3) is 0.0952. The number of allylic oxidation sites excluding steroid dienone is 1. The zero-order valence-corrected chi connectivity index (χ0v) is 13.3. The second kappa shape index (κ2) is 5.24. The average molecular weight is 316 g/mol. The fourth-order valence-corrected chi connectivity index (χ4v) is 3.48. The van der Waals surface area contributed by atoms with Gasteiger partial charge in [0, 0.05) is 16.7 Å². The van der Waals surface area contributed by atoms with Gasteiger partial charge in [-0.25, -0.2) is 4.79 Å². The van der Waals surface area contributed by atoms with Gasteiger partial charge in [0.25, 0.3) is 0 Å². The number of para-hydroxylation sites is 2. The summed E-state index contributed by atoms with van der Waals surface area (Å²) < 4.78 is 12.0. The zero-order chi connectivity index (χ0) is 16.7. The smallest absolute Gasteiger partial charge is 0.340 e. The van der Waals surface area contributed by atoms with Crippen molar-refractivity contribution < 1.29 is 14.3 Å². The van der Waals surface area contributed by atoms with E-state index in [2.05, 4.69) is 6.58 Å². The molecular weight excluding hydrogens is 300 g/mol. The molecule has 2 aromatic carbocycles. The summed E-state index contributed by atoms with van der Waals surface area (Å²) in [5.74, 6) is 1.02. The molecule has 0 aromatic heterocycles. The highest BCUT2D eigenvalue weighted by Gasteiger charge is 2.53. The summed E-state index contributed by atoms with van der Waals surface area (Å²) in [6.07, 6.45) is 5.31. The Balaban J connectivity index is 2.12. The SMILES string of the molecule is C=CC1=C(/C=C\C)C(=O)OC12c1ccccc1Oc1ccccc12. The Hall–Kier alpha value is -3.07. The van der Waals surface area contributed by atoms with Gasteiger partial charge in [0.05, 0.1) is 5.57 Å². The van der Waals surface area contributed by atoms with Gasteiger partial charge in [0.1, 0.15) is 11.5 Å². The van der Waals surface area contributed by atoms with E-state index in [1.54, 1.807) is 12.2 Å². The van der Waals surface area contributed by atoms with Gasteiger partial charge in [-0.2, -0.15) is 0 Å². The molecule has 0 saturated heterocycles. The third kappa shape index (κ3) is 1.75. The minimum absolute atomic E-state index is 0.352. The molecule has 2 aromatic rings. The molecule has 3 nitrogen and oxygen atoms in total. The molecule has 2 aliphatic heterocycles. The molecule has 0 radical (unpaired) electrons. The molecule has 0 N–H and O–H groups in total. The van der Waals surface area contributed by atoms with Crippen LogP contribution in [0.4, 0.5) is 0 Å². The molecule has 2 aliphatic rings. The van der Waals surface area contributed by atoms with Crippen molar-refractivity contribution in [2.75, 3.05) is 0 Å². The molecule has 0 unspecified atom stereocenters. The standard InChI is InChI=1S/C21H16O3/c1-3-9-14-15(4-2)21(24-20(14)22)16-10-5-7-12-18(16)23-19-13-8-6-11-17(19)21/h3-13H,2H2,1H3/b9-3-. The zero-order valence-electron chi connectivity index (χ0n) is 13.3. The predicted octanol–water partition coefficient (Wildman–Crippen LogP) is 4.65. The third-order valence-corrected chi connectivity index (χ3v) is 4.43. The number of carbonyl (C=O) groups is 1. The summed E-state index contributed by atoms with van der Waals surface area (Å²) in [7, 11) is 0. The number of benzene rings is 2. The van der Waals surface area contributed by atoms with E-state index in [9.17, 15) is 4.79 Å². The van der Waals surface area contributed by atoms with Crippen LogP contribution in [0.15, 0.2) is 84.5 Å². The van der Waals surface area contributed by atoms with Crippen molar-refractivity contribution in [2.45, 2.75) is 12.5 Å². The van der Waals surface area contributed by atoms with Gasteiger partial charge in [-0.3, -0.25) is 0 Å². The van der Waals surface area contributed by atoms with Gasteiger partial charge in [0.15, 0.2) is 5.60 Å². The van der Waals surface area contributed by atoms with E-state index in [0.717, 1.165) is 16.7 Å². The van der Waals surface area contributed by atoms with Crippen molar-refractivity contribution in [2.24, 2.45) is 0 Å². The maximum atomic E-state index is 12.6. The molecule has 0 aliphatic carbocycles. The minimum Gasteiger partial charge on any atom is -0.456 e. The van der Waals surface area contributed by atoms with Crippen molar-refractivity contribution in [1.82, 2.24) is 0 Å². The number of rotatable bonds is 2. The number of hydrogen-bond donors (Lipinski definition) is 0. The average Bonchev–Trinajstić information content (AvgIpc) is 2.88. The summed E-state index contributed by atoms with van der Waals surface area (Å²) >= 11 is 0. The number of ether oxygens (including phenoxy) is 2. The van der Waals surface area contributed by atoms with Crippen LogP contribution in [0.3, 0.4) is 0 Å². The first-order valence-corrected chi connectivity index (χ1v) is 7.82. The Morgan fingerprint density at radius 2 is 1.58 bits per heavy atom. The van der Waals surface area contributed by atoms with Crippen LogP contribution in [-0.2, 0) is 15.1 Å². The van der Waals surface area contributed by atoms with Crippen molar-refractivity contribution >= 4 is 5.97 Å². The monoisotopic (exact) mass is 316 g/mol. The van der Waals surface area contributed by atoms with Crippen LogP contribution in [0.2, 0.25) is 0 Å². The van der Waals surface area contributed by atoms with E-state index in [-0.39, 0.29) is 5.97 Å². The highest BCUT2D eigenvalue weighted by Crippen LogP contribution is 2.56. The van der Waals surface area contributed by atoms with Crippen molar-refractivity contribution in [3.8, 4) is 11.5 Å². The summed E-state index contributed by atoms with van der Waals surface area (Å²) in [6.45, 7) is 5.81. The Labute approximate surface area is 140 Å². The quantitative estimate of drug-likeness (QED) is 0.756. The molecule has 0 bridgehead atoms. The molecule has 2 heterocycles. The van der Waals surface area contributed by atoms with Gasteiger partial charge < -0.3 is 9.47 Å². The van der Waals surface area contributed by atoms with Crippen LogP contribution in [0, 0.1) is 0 Å². The Kier molecular flexibility index (Phi) is 3.17. The van der Waals surface area contributed by atoms with Crippen LogP contribution in [0.1, 0.15) is 18.1 Å². The van der Waals surface area contributed by atoms with Gasteiger partial charge in [0.2, 0.25) is 0 Å². The summed E-state index contributed by atoms with van der Waals surface area (Å²) in [6, 6.07) is 15.3. The first kappa shape index (κ1) is 14.5. The van der Waals surface area contributed by atoms with Gasteiger partial charge >= 0.3 is 5.97 Å². The second-order valence-corrected chi connectivity index (χ2v) is 5.70. The molecule has 0 saturated carbocycles. The van der Waals surface area contributed by atoms with E-state index in [4.69, 9.17) is 9.47 Å². The van der Waals surface area contributed by atoms with Gasteiger partial charge in [-0.15, -0.1) is 0 Å². The second-order valence-electron chi connectivity index (χ2n) is 5.70. The number of carbonyl (C=O) groups excluding carboxylic acids is 1. The molecule has 0 fully saturated rings. The van der Waals surface area contributed by atoms with Crippen molar-refractivity contribution in [3.05, 3.63) is 95.6 Å². The van der Waals surface area contributed by atoms with E-state index >= 15 is 0 Å². The van der Waals surface area contributed by atoms with Crippen LogP contribution in [0.5, 0.6) is 11.5 Å². The molecule has 4 rings (SSSR count). The van der Waals surface area contributed by atoms with Crippen LogP contribution in [0.25, 0.3) is 0 Å². The molecular formula is C21H16O3. The number of hydrogen-bond acceptors (Lipinski definition) is 3. The molecule has 24 heavy (non-hydrogen) atoms. The van der Waals surface area contributed by atoms with Gasteiger partial charge in [-0.1, -0.05) is 61.2 Å². The topological polar surface area (TPSA) is 35.5 Å².